The van der Waals surface area contributed by atoms with Crippen molar-refractivity contribution in [3.63, 3.8) is 0 Å². The fourth-order valence-electron chi connectivity index (χ4n) is 4.66. The molecule has 1 aliphatic heterocycles. The lowest BCUT2D eigenvalue weighted by Gasteiger charge is -2.20. The lowest BCUT2D eigenvalue weighted by atomic mass is 10.0. The van der Waals surface area contributed by atoms with Crippen LogP contribution in [0.1, 0.15) is 30.3 Å². The van der Waals surface area contributed by atoms with Crippen LogP contribution in [0.5, 0.6) is 5.75 Å². The molecule has 0 N–H and O–H groups in total. The van der Waals surface area contributed by atoms with Crippen LogP contribution in [-0.2, 0) is 0 Å². The van der Waals surface area contributed by atoms with E-state index in [1.807, 2.05) is 35.2 Å². The second-order valence-electron chi connectivity index (χ2n) is 8.28. The predicted molar refractivity (Wildman–Crippen MR) is 113 cm³/mol. The first-order valence-electron chi connectivity index (χ1n) is 10.5. The van der Waals surface area contributed by atoms with Crippen LogP contribution in [0, 0.1) is 11.8 Å². The number of benzene rings is 1. The Hall–Kier alpha value is -3.55. The molecule has 2 fully saturated rings. The fourth-order valence-corrected chi connectivity index (χ4v) is 4.66. The van der Waals surface area contributed by atoms with Crippen molar-refractivity contribution in [3.05, 3.63) is 60.7 Å². The van der Waals surface area contributed by atoms with Gasteiger partial charge in [0.1, 0.15) is 11.4 Å². The summed E-state index contributed by atoms with van der Waals surface area (Å²) in [4.78, 5) is 26.0. The van der Waals surface area contributed by atoms with Crippen molar-refractivity contribution < 1.29 is 14.3 Å². The summed E-state index contributed by atoms with van der Waals surface area (Å²) in [6, 6.07) is 11.4. The van der Waals surface area contributed by atoms with Gasteiger partial charge in [0.2, 0.25) is 0 Å². The lowest BCUT2D eigenvalue weighted by Crippen LogP contribution is -2.34. The molecule has 3 aromatic rings. The van der Waals surface area contributed by atoms with Gasteiger partial charge in [-0.25, -0.2) is 4.79 Å². The minimum atomic E-state index is -0.168. The van der Waals surface area contributed by atoms with Crippen molar-refractivity contribution in [3.8, 4) is 16.9 Å². The van der Waals surface area contributed by atoms with Crippen molar-refractivity contribution >= 4 is 11.8 Å². The number of ketones is 1. The molecular formula is C23H23N5O3. The van der Waals surface area contributed by atoms with Crippen LogP contribution in [0.25, 0.3) is 11.1 Å². The number of amides is 1. The molecule has 3 heterocycles. The molecule has 31 heavy (non-hydrogen) atoms. The molecule has 8 heteroatoms. The Balaban J connectivity index is 1.20. The van der Waals surface area contributed by atoms with Gasteiger partial charge in [-0.2, -0.15) is 20.0 Å². The van der Waals surface area contributed by atoms with Crippen molar-refractivity contribution in [1.82, 2.24) is 24.9 Å². The van der Waals surface area contributed by atoms with E-state index in [-0.39, 0.29) is 17.9 Å². The third-order valence-electron chi connectivity index (χ3n) is 6.18. The van der Waals surface area contributed by atoms with E-state index in [1.54, 1.807) is 24.7 Å². The van der Waals surface area contributed by atoms with Crippen LogP contribution < -0.4 is 4.74 Å². The molecule has 2 aliphatic rings. The zero-order chi connectivity index (χ0) is 21.4. The third-order valence-corrected chi connectivity index (χ3v) is 6.18. The van der Waals surface area contributed by atoms with Crippen molar-refractivity contribution in [2.45, 2.75) is 25.9 Å². The highest BCUT2D eigenvalue weighted by Crippen LogP contribution is 2.40. The smallest absolute Gasteiger partial charge is 0.344 e. The van der Waals surface area contributed by atoms with Gasteiger partial charge in [-0.1, -0.05) is 12.1 Å². The first-order valence-corrected chi connectivity index (χ1v) is 10.5. The molecule has 5 rings (SSSR count). The molecule has 1 aliphatic carbocycles. The Bertz CT molecular complexity index is 1100. The van der Waals surface area contributed by atoms with Crippen LogP contribution in [0.15, 0.2) is 55.0 Å². The van der Waals surface area contributed by atoms with E-state index in [4.69, 9.17) is 4.74 Å². The normalized spacial score (nSPS) is 22.4. The number of carbonyl (C=O) groups is 2. The summed E-state index contributed by atoms with van der Waals surface area (Å²) in [7, 11) is 0. The minimum Gasteiger partial charge on any atom is -0.490 e. The maximum absolute atomic E-state index is 12.7. The van der Waals surface area contributed by atoms with Crippen LogP contribution in [0.3, 0.4) is 0 Å². The highest BCUT2D eigenvalue weighted by molar-refractivity contribution is 5.92. The highest BCUT2D eigenvalue weighted by atomic mass is 16.5. The molecule has 1 amide bonds. The van der Waals surface area contributed by atoms with Gasteiger partial charge in [-0.15, -0.1) is 0 Å². The van der Waals surface area contributed by atoms with Crippen LogP contribution in [0.2, 0.25) is 0 Å². The monoisotopic (exact) mass is 417 g/mol. The van der Waals surface area contributed by atoms with Gasteiger partial charge in [-0.05, 0) is 54.5 Å². The number of nitrogens with zero attached hydrogens (tertiary/aromatic N) is 5. The van der Waals surface area contributed by atoms with Crippen LogP contribution >= 0.6 is 0 Å². The van der Waals surface area contributed by atoms with Gasteiger partial charge in [0.25, 0.3) is 0 Å². The summed E-state index contributed by atoms with van der Waals surface area (Å²) in [5.74, 6) is 1.54. The maximum Gasteiger partial charge on any atom is 0.344 e. The molecule has 8 nitrogen and oxygen atoms in total. The Kier molecular flexibility index (Phi) is 4.97. The van der Waals surface area contributed by atoms with E-state index in [0.29, 0.717) is 30.6 Å². The molecule has 1 saturated heterocycles. The van der Waals surface area contributed by atoms with E-state index < -0.39 is 0 Å². The molecule has 0 spiro atoms. The molecule has 1 aromatic carbocycles. The largest absolute Gasteiger partial charge is 0.490 e. The molecule has 3 atom stereocenters. The molecule has 2 aromatic heterocycles. The van der Waals surface area contributed by atoms with E-state index in [0.717, 1.165) is 29.7 Å². The Morgan fingerprint density at radius 1 is 1.03 bits per heavy atom. The van der Waals surface area contributed by atoms with Gasteiger partial charge in [0.15, 0.2) is 5.78 Å². The molecular weight excluding hydrogens is 394 g/mol. The van der Waals surface area contributed by atoms with Crippen molar-refractivity contribution in [2.75, 3.05) is 13.1 Å². The molecule has 0 bridgehead atoms. The highest BCUT2D eigenvalue weighted by Gasteiger charge is 2.43. The molecule has 158 valence electrons. The SMILES string of the molecule is CC(=O)c1ccn(C(=O)N2C[C@H]3CC(Oc4cccc(-c5ccnnc5)c4)C[C@H]3C2)n1. The average Bonchev–Trinajstić information content (AvgIpc) is 3.49. The van der Waals surface area contributed by atoms with E-state index in [9.17, 15) is 9.59 Å². The number of likely N-dealkylation sites (tertiary alicyclic amines) is 1. The maximum atomic E-state index is 12.7. The zero-order valence-corrected chi connectivity index (χ0v) is 17.2. The number of ether oxygens (including phenoxy) is 1. The fraction of sp³-hybridized carbons (Fsp3) is 0.348. The lowest BCUT2D eigenvalue weighted by molar-refractivity contribution is 0.101. The number of fused-ring (bicyclic) bond motifs is 1. The predicted octanol–water partition coefficient (Wildman–Crippen LogP) is 3.30. The number of carbonyl (C=O) groups excluding carboxylic acids is 2. The van der Waals surface area contributed by atoms with Gasteiger partial charge >= 0.3 is 6.03 Å². The van der Waals surface area contributed by atoms with Crippen LogP contribution in [-0.4, -0.2) is 55.9 Å². The number of hydrogen-bond donors (Lipinski definition) is 0. The topological polar surface area (TPSA) is 90.2 Å². The summed E-state index contributed by atoms with van der Waals surface area (Å²) < 4.78 is 7.56. The summed E-state index contributed by atoms with van der Waals surface area (Å²) in [5.41, 5.74) is 2.36. The number of rotatable bonds is 4. The third kappa shape index (κ3) is 3.93. The molecule has 1 unspecified atom stereocenters. The van der Waals surface area contributed by atoms with Gasteiger partial charge in [-0.3, -0.25) is 4.79 Å². The second-order valence-corrected chi connectivity index (χ2v) is 8.28. The quantitative estimate of drug-likeness (QED) is 0.605. The summed E-state index contributed by atoms with van der Waals surface area (Å²) >= 11 is 0. The Morgan fingerprint density at radius 2 is 1.84 bits per heavy atom. The van der Waals surface area contributed by atoms with Gasteiger partial charge < -0.3 is 9.64 Å². The number of aromatic nitrogens is 4. The first-order chi connectivity index (χ1) is 15.1. The van der Waals surface area contributed by atoms with Crippen LogP contribution in [0.4, 0.5) is 4.79 Å². The summed E-state index contributed by atoms with van der Waals surface area (Å²) in [6.07, 6.45) is 6.97. The summed E-state index contributed by atoms with van der Waals surface area (Å²) in [6.45, 7) is 2.84. The van der Waals surface area contributed by atoms with Crippen molar-refractivity contribution in [1.29, 1.82) is 0 Å². The minimum absolute atomic E-state index is 0.144. The first kappa shape index (κ1) is 19.4. The molecule has 0 radical (unpaired) electrons. The van der Waals surface area contributed by atoms with Gasteiger partial charge in [0, 0.05) is 31.8 Å². The molecule has 1 saturated carbocycles. The van der Waals surface area contributed by atoms with Gasteiger partial charge in [0.05, 0.1) is 18.5 Å². The van der Waals surface area contributed by atoms with E-state index in [2.05, 4.69) is 15.3 Å². The Labute approximate surface area is 179 Å². The standard InChI is InChI=1S/C23H23N5O3/c1-15(29)22-6-8-28(26-22)23(30)27-13-18-10-21(11-19(18)14-27)31-20-4-2-3-16(9-20)17-5-7-24-25-12-17/h2-9,12,18-19,21H,10-11,13-14H2,1H3/t18-,19+,21?. The summed E-state index contributed by atoms with van der Waals surface area (Å²) in [5, 5.41) is 11.9. The van der Waals surface area contributed by atoms with E-state index >= 15 is 0 Å². The van der Waals surface area contributed by atoms with Crippen molar-refractivity contribution in [2.24, 2.45) is 11.8 Å². The van der Waals surface area contributed by atoms with E-state index in [1.165, 1.54) is 11.6 Å². The Morgan fingerprint density at radius 3 is 2.52 bits per heavy atom. The second kappa shape index (κ2) is 7.94. The zero-order valence-electron chi connectivity index (χ0n) is 17.2. The number of Topliss-reactive ketones (excluding diaryl/α,β-unsaturated/α-hetero) is 1. The number of hydrogen-bond acceptors (Lipinski definition) is 6. The average molecular weight is 417 g/mol.